The van der Waals surface area contributed by atoms with Crippen LogP contribution in [-0.2, 0) is 14.4 Å². The molecule has 0 aliphatic heterocycles. The number of rotatable bonds is 17. The first-order valence-electron chi connectivity index (χ1n) is 14.2. The molecule has 2 fully saturated rings. The molecule has 4 atom stereocenters. The predicted octanol–water partition coefficient (Wildman–Crippen LogP) is 3.49. The van der Waals surface area contributed by atoms with E-state index in [1.807, 2.05) is 11.8 Å². The van der Waals surface area contributed by atoms with Gasteiger partial charge < -0.3 is 22.1 Å². The smallest absolute Gasteiger partial charge is 0.237 e. The van der Waals surface area contributed by atoms with Gasteiger partial charge in [0.05, 0.1) is 12.6 Å². The van der Waals surface area contributed by atoms with Gasteiger partial charge in [-0.3, -0.25) is 14.4 Å². The van der Waals surface area contributed by atoms with Gasteiger partial charge in [-0.1, -0.05) is 34.1 Å². The van der Waals surface area contributed by atoms with Crippen molar-refractivity contribution in [3.8, 4) is 0 Å². The van der Waals surface area contributed by atoms with Crippen LogP contribution in [0, 0.1) is 35.0 Å². The summed E-state index contributed by atoms with van der Waals surface area (Å²) in [6.07, 6.45) is 8.56. The van der Waals surface area contributed by atoms with E-state index in [2.05, 4.69) is 38.3 Å². The molecule has 4 unspecified atom stereocenters. The number of hydrogen-bond donors (Lipinski definition) is 4. The van der Waals surface area contributed by atoms with Crippen LogP contribution < -0.4 is 22.1 Å². The summed E-state index contributed by atoms with van der Waals surface area (Å²) in [4.78, 5) is 37.4. The highest BCUT2D eigenvalue weighted by Crippen LogP contribution is 2.50. The number of carbonyl (C=O) groups is 3. The zero-order chi connectivity index (χ0) is 26.7. The highest BCUT2D eigenvalue weighted by atomic mass is 32.2. The van der Waals surface area contributed by atoms with Crippen LogP contribution in [0.5, 0.6) is 0 Å². The Morgan fingerprint density at radius 3 is 2.50 bits per heavy atom. The number of unbranched alkanes of at least 4 members (excludes halogenated alkanes) is 1. The van der Waals surface area contributed by atoms with Crippen molar-refractivity contribution in [1.82, 2.24) is 10.6 Å². The molecule has 0 aromatic carbocycles. The zero-order valence-corrected chi connectivity index (χ0v) is 24.0. The number of amides is 2. The Morgan fingerprint density at radius 2 is 1.83 bits per heavy atom. The van der Waals surface area contributed by atoms with Crippen LogP contribution in [0.25, 0.3) is 0 Å². The molecule has 2 amide bonds. The van der Waals surface area contributed by atoms with Gasteiger partial charge in [-0.15, -0.1) is 0 Å². The number of hydrogen-bond acceptors (Lipinski definition) is 6. The molecule has 6 N–H and O–H groups in total. The average molecular weight is 525 g/mol. The van der Waals surface area contributed by atoms with Crippen LogP contribution in [0.4, 0.5) is 0 Å². The number of nitrogens with two attached hydrogens (primary N) is 2. The molecule has 0 bridgehead atoms. The van der Waals surface area contributed by atoms with Crippen molar-refractivity contribution in [1.29, 1.82) is 0 Å². The fraction of sp³-hybridized carbons (Fsp3) is 0.893. The number of Topliss-reactive ketones (excluding diaryl/α,β-unsaturated/α-hetero) is 1. The predicted molar refractivity (Wildman–Crippen MR) is 150 cm³/mol. The molecule has 0 radical (unpaired) electrons. The minimum absolute atomic E-state index is 0.0609. The summed E-state index contributed by atoms with van der Waals surface area (Å²) < 4.78 is 0. The number of ketones is 1. The summed E-state index contributed by atoms with van der Waals surface area (Å²) in [6.45, 7) is 10.2. The molecule has 8 heteroatoms. The van der Waals surface area contributed by atoms with Crippen LogP contribution in [0.15, 0.2) is 0 Å². The Morgan fingerprint density at radius 1 is 1.11 bits per heavy atom. The SMILES string of the molecule is CCCCNC(=O)CCC(C)(C)C1CC(C(C)C(N)C(=O)NCC(=O)C2CCC(CSCCN)C2)C1. The molecule has 7 nitrogen and oxygen atoms in total. The Bertz CT molecular complexity index is 711. The molecule has 208 valence electrons. The Balaban J connectivity index is 1.67. The molecule has 2 aliphatic rings. The quantitative estimate of drug-likeness (QED) is 0.216. The van der Waals surface area contributed by atoms with Crippen molar-refractivity contribution in [3.05, 3.63) is 0 Å². The van der Waals surface area contributed by atoms with E-state index in [9.17, 15) is 14.4 Å². The summed E-state index contributed by atoms with van der Waals surface area (Å²) in [5.41, 5.74) is 12.0. The van der Waals surface area contributed by atoms with Crippen molar-refractivity contribution in [2.75, 3.05) is 31.1 Å². The summed E-state index contributed by atoms with van der Waals surface area (Å²) >= 11 is 1.87. The van der Waals surface area contributed by atoms with Gasteiger partial charge in [0.1, 0.15) is 0 Å². The molecule has 36 heavy (non-hydrogen) atoms. The highest BCUT2D eigenvalue weighted by molar-refractivity contribution is 7.99. The normalized spacial score (nSPS) is 25.6. The van der Waals surface area contributed by atoms with Gasteiger partial charge in [-0.25, -0.2) is 0 Å². The van der Waals surface area contributed by atoms with E-state index < -0.39 is 6.04 Å². The van der Waals surface area contributed by atoms with E-state index in [0.29, 0.717) is 30.7 Å². The summed E-state index contributed by atoms with van der Waals surface area (Å²) in [6, 6.07) is -0.597. The lowest BCUT2D eigenvalue weighted by Crippen LogP contribution is -2.51. The Labute approximate surface area is 223 Å². The van der Waals surface area contributed by atoms with Crippen LogP contribution >= 0.6 is 11.8 Å². The maximum Gasteiger partial charge on any atom is 0.237 e. The van der Waals surface area contributed by atoms with Gasteiger partial charge >= 0.3 is 0 Å². The van der Waals surface area contributed by atoms with Crippen molar-refractivity contribution in [3.63, 3.8) is 0 Å². The standard InChI is InChI=1S/C28H52N4O3S/c1-5-6-12-31-25(34)9-10-28(3,4)23-15-22(16-23)19(2)26(30)27(35)32-17-24(33)21-8-7-20(14-21)18-36-13-11-29/h19-23,26H,5-18,29-30H2,1-4H3,(H,31,34)(H,32,35). The molecular formula is C28H52N4O3S. The second kappa shape index (κ2) is 15.3. The van der Waals surface area contributed by atoms with Crippen molar-refractivity contribution < 1.29 is 14.4 Å². The van der Waals surface area contributed by atoms with Crippen molar-refractivity contribution in [2.24, 2.45) is 46.5 Å². The molecule has 2 saturated carbocycles. The molecule has 0 saturated heterocycles. The van der Waals surface area contributed by atoms with Gasteiger partial charge in [0, 0.05) is 31.2 Å². The fourth-order valence-electron chi connectivity index (χ4n) is 5.68. The van der Waals surface area contributed by atoms with Gasteiger partial charge in [0.25, 0.3) is 0 Å². The summed E-state index contributed by atoms with van der Waals surface area (Å²) in [5, 5.41) is 5.83. The fourth-order valence-corrected chi connectivity index (χ4v) is 6.65. The monoisotopic (exact) mass is 524 g/mol. The van der Waals surface area contributed by atoms with Crippen molar-refractivity contribution >= 4 is 29.4 Å². The van der Waals surface area contributed by atoms with Gasteiger partial charge in [0.2, 0.25) is 11.8 Å². The van der Waals surface area contributed by atoms with E-state index >= 15 is 0 Å². The second-order valence-electron chi connectivity index (χ2n) is 11.9. The minimum Gasteiger partial charge on any atom is -0.356 e. The summed E-state index contributed by atoms with van der Waals surface area (Å²) in [5.74, 6) is 3.78. The molecular weight excluding hydrogens is 472 g/mol. The number of carbonyl (C=O) groups excluding carboxylic acids is 3. The topological polar surface area (TPSA) is 127 Å². The lowest BCUT2D eigenvalue weighted by molar-refractivity contribution is -0.129. The van der Waals surface area contributed by atoms with E-state index in [0.717, 1.165) is 69.4 Å². The first kappa shape index (κ1) is 31.1. The molecule has 2 rings (SSSR count). The van der Waals surface area contributed by atoms with E-state index in [1.165, 1.54) is 0 Å². The van der Waals surface area contributed by atoms with Crippen LogP contribution in [0.1, 0.15) is 85.5 Å². The molecule has 2 aliphatic carbocycles. The van der Waals surface area contributed by atoms with E-state index in [1.54, 1.807) is 0 Å². The minimum atomic E-state index is -0.597. The van der Waals surface area contributed by atoms with Crippen LogP contribution in [-0.4, -0.2) is 54.8 Å². The van der Waals surface area contributed by atoms with Gasteiger partial charge in [-0.2, -0.15) is 11.8 Å². The van der Waals surface area contributed by atoms with E-state index in [-0.39, 0.29) is 41.4 Å². The molecule has 0 aromatic rings. The average Bonchev–Trinajstić information content (AvgIpc) is 3.28. The van der Waals surface area contributed by atoms with Crippen LogP contribution in [0.3, 0.4) is 0 Å². The third-order valence-electron chi connectivity index (χ3n) is 8.79. The maximum absolute atomic E-state index is 12.7. The van der Waals surface area contributed by atoms with Crippen LogP contribution in [0.2, 0.25) is 0 Å². The Kier molecular flexibility index (Phi) is 13.2. The lowest BCUT2D eigenvalue weighted by atomic mass is 9.57. The largest absolute Gasteiger partial charge is 0.356 e. The highest BCUT2D eigenvalue weighted by Gasteiger charge is 2.44. The summed E-state index contributed by atoms with van der Waals surface area (Å²) in [7, 11) is 0. The molecule has 0 spiro atoms. The molecule has 0 aromatic heterocycles. The third kappa shape index (κ3) is 9.64. The number of thioether (sulfide) groups is 1. The first-order valence-corrected chi connectivity index (χ1v) is 15.3. The third-order valence-corrected chi connectivity index (χ3v) is 10.0. The van der Waals surface area contributed by atoms with Gasteiger partial charge in [-0.05, 0) is 79.8 Å². The lowest BCUT2D eigenvalue weighted by Gasteiger charge is -2.48. The number of nitrogens with one attached hydrogen (secondary N) is 2. The maximum atomic E-state index is 12.7. The van der Waals surface area contributed by atoms with Crippen molar-refractivity contribution in [2.45, 2.75) is 91.5 Å². The zero-order valence-electron chi connectivity index (χ0n) is 23.2. The van der Waals surface area contributed by atoms with Gasteiger partial charge in [0.15, 0.2) is 5.78 Å². The first-order chi connectivity index (χ1) is 17.1. The Hall–Kier alpha value is -1.12. The van der Waals surface area contributed by atoms with E-state index in [4.69, 9.17) is 11.5 Å². The second-order valence-corrected chi connectivity index (χ2v) is 13.1. The molecule has 0 heterocycles.